The number of likely N-dealkylation sites (N-methyl/N-ethyl adjacent to an activating group) is 1. The van der Waals surface area contributed by atoms with Crippen molar-refractivity contribution in [2.24, 2.45) is 11.8 Å². The number of methoxy groups -OCH3 is 1. The monoisotopic (exact) mass is 452 g/mol. The number of hydrogen-bond donors (Lipinski definition) is 1. The highest BCUT2D eigenvalue weighted by atomic mass is 35.5. The molecule has 0 spiro atoms. The second-order valence-corrected chi connectivity index (χ2v) is 7.87. The SMILES string of the molecule is COc1ccc([C@H]2[C@H]3CNC[C@H]3CN2C(=O)CN(C)Cc2ccncc2)cc1.Cl.Cl. The fraction of sp³-hybridized carbons (Fsp3) is 0.455. The van der Waals surface area contributed by atoms with Crippen LogP contribution in [0.4, 0.5) is 0 Å². The molecular formula is C22H30Cl2N4O2. The summed E-state index contributed by atoms with van der Waals surface area (Å²) in [5, 5.41) is 3.50. The van der Waals surface area contributed by atoms with Crippen LogP contribution in [0, 0.1) is 11.8 Å². The van der Waals surface area contributed by atoms with E-state index >= 15 is 0 Å². The Morgan fingerprint density at radius 1 is 1.17 bits per heavy atom. The minimum atomic E-state index is 0. The molecule has 2 fully saturated rings. The number of ether oxygens (including phenoxy) is 1. The lowest BCUT2D eigenvalue weighted by atomic mass is 9.89. The van der Waals surface area contributed by atoms with Crippen molar-refractivity contribution in [3.63, 3.8) is 0 Å². The second-order valence-electron chi connectivity index (χ2n) is 7.87. The van der Waals surface area contributed by atoms with Gasteiger partial charge in [-0.15, -0.1) is 24.8 Å². The lowest BCUT2D eigenvalue weighted by molar-refractivity contribution is -0.133. The summed E-state index contributed by atoms with van der Waals surface area (Å²) < 4.78 is 5.30. The van der Waals surface area contributed by atoms with Crippen molar-refractivity contribution in [1.29, 1.82) is 0 Å². The largest absolute Gasteiger partial charge is 0.497 e. The Morgan fingerprint density at radius 2 is 1.87 bits per heavy atom. The van der Waals surface area contributed by atoms with Crippen LogP contribution in [-0.4, -0.2) is 61.0 Å². The molecule has 2 aromatic rings. The van der Waals surface area contributed by atoms with Gasteiger partial charge in [0.15, 0.2) is 0 Å². The van der Waals surface area contributed by atoms with E-state index < -0.39 is 0 Å². The number of rotatable bonds is 6. The third kappa shape index (κ3) is 5.24. The van der Waals surface area contributed by atoms with Crippen molar-refractivity contribution in [1.82, 2.24) is 20.1 Å². The molecule has 2 aliphatic rings. The fourth-order valence-corrected chi connectivity index (χ4v) is 4.58. The van der Waals surface area contributed by atoms with Gasteiger partial charge in [0.25, 0.3) is 0 Å². The number of carbonyl (C=O) groups excluding carboxylic acids is 1. The topological polar surface area (TPSA) is 57.7 Å². The molecule has 2 saturated heterocycles. The van der Waals surface area contributed by atoms with E-state index in [1.807, 2.05) is 31.3 Å². The van der Waals surface area contributed by atoms with Gasteiger partial charge in [-0.05, 0) is 48.4 Å². The standard InChI is InChI=1S/C22H28N4O2.2ClH/c1-25(13-16-7-9-23-10-8-16)15-21(27)26-14-18-11-24-12-20(18)22(26)17-3-5-19(28-2)6-4-17;;/h3-10,18,20,22,24H,11-15H2,1-2H3;2*1H/t18-,20-,22-;;/m0../s1. The molecule has 0 radical (unpaired) electrons. The summed E-state index contributed by atoms with van der Waals surface area (Å²) in [4.78, 5) is 21.4. The molecule has 1 N–H and O–H groups in total. The molecule has 3 atom stereocenters. The molecular weight excluding hydrogens is 423 g/mol. The van der Waals surface area contributed by atoms with Crippen LogP contribution >= 0.6 is 24.8 Å². The highest BCUT2D eigenvalue weighted by Gasteiger charge is 2.46. The molecule has 0 saturated carbocycles. The Labute approximate surface area is 190 Å². The fourth-order valence-electron chi connectivity index (χ4n) is 4.58. The summed E-state index contributed by atoms with van der Waals surface area (Å²) in [5.41, 5.74) is 2.36. The molecule has 1 aromatic heterocycles. The summed E-state index contributed by atoms with van der Waals surface area (Å²) in [5.74, 6) is 2.05. The first-order chi connectivity index (χ1) is 13.7. The van der Waals surface area contributed by atoms with Gasteiger partial charge < -0.3 is 15.0 Å². The number of carbonyl (C=O) groups is 1. The number of benzene rings is 1. The van der Waals surface area contributed by atoms with E-state index in [9.17, 15) is 4.79 Å². The summed E-state index contributed by atoms with van der Waals surface area (Å²) >= 11 is 0. The van der Waals surface area contributed by atoms with Crippen molar-refractivity contribution < 1.29 is 9.53 Å². The Hall–Kier alpha value is -1.86. The number of amides is 1. The molecule has 2 aliphatic heterocycles. The molecule has 1 amide bonds. The number of likely N-dealkylation sites (tertiary alicyclic amines) is 1. The summed E-state index contributed by atoms with van der Waals surface area (Å²) in [6.07, 6.45) is 3.58. The van der Waals surface area contributed by atoms with Crippen LogP contribution in [0.1, 0.15) is 17.2 Å². The quantitative estimate of drug-likeness (QED) is 0.729. The lowest BCUT2D eigenvalue weighted by Crippen LogP contribution is -2.40. The van der Waals surface area contributed by atoms with Crippen molar-refractivity contribution in [2.45, 2.75) is 12.6 Å². The average Bonchev–Trinajstić information content (AvgIpc) is 3.30. The van der Waals surface area contributed by atoms with Crippen LogP contribution in [-0.2, 0) is 11.3 Å². The first kappa shape index (κ1) is 24.4. The maximum absolute atomic E-state index is 13.2. The predicted octanol–water partition coefficient (Wildman–Crippen LogP) is 2.78. The number of nitrogens with one attached hydrogen (secondary N) is 1. The second kappa shape index (κ2) is 11.0. The van der Waals surface area contributed by atoms with E-state index in [4.69, 9.17) is 4.74 Å². The molecule has 0 aliphatic carbocycles. The summed E-state index contributed by atoms with van der Waals surface area (Å²) in [6, 6.07) is 12.3. The van der Waals surface area contributed by atoms with Gasteiger partial charge >= 0.3 is 0 Å². The van der Waals surface area contributed by atoms with E-state index in [2.05, 4.69) is 32.2 Å². The van der Waals surface area contributed by atoms with Crippen LogP contribution in [0.25, 0.3) is 0 Å². The average molecular weight is 453 g/mol. The molecule has 164 valence electrons. The third-order valence-electron chi connectivity index (χ3n) is 5.95. The molecule has 1 aromatic carbocycles. The zero-order valence-electron chi connectivity index (χ0n) is 17.4. The Kier molecular flexibility index (Phi) is 8.92. The zero-order valence-corrected chi connectivity index (χ0v) is 19.0. The third-order valence-corrected chi connectivity index (χ3v) is 5.95. The van der Waals surface area contributed by atoms with Gasteiger partial charge in [-0.2, -0.15) is 0 Å². The summed E-state index contributed by atoms with van der Waals surface area (Å²) in [7, 11) is 3.68. The molecule has 0 bridgehead atoms. The van der Waals surface area contributed by atoms with Crippen molar-refractivity contribution in [2.75, 3.05) is 40.3 Å². The number of fused-ring (bicyclic) bond motifs is 1. The Balaban J connectivity index is 0.00000160. The molecule has 4 rings (SSSR count). The van der Waals surface area contributed by atoms with Gasteiger partial charge in [0.05, 0.1) is 19.7 Å². The maximum atomic E-state index is 13.2. The van der Waals surface area contributed by atoms with Gasteiger partial charge in [0, 0.05) is 44.5 Å². The normalized spacial score (nSPS) is 22.2. The Morgan fingerprint density at radius 3 is 2.53 bits per heavy atom. The van der Waals surface area contributed by atoms with E-state index in [1.54, 1.807) is 19.5 Å². The van der Waals surface area contributed by atoms with Crippen LogP contribution in [0.5, 0.6) is 5.75 Å². The van der Waals surface area contributed by atoms with E-state index in [0.717, 1.165) is 31.9 Å². The number of aromatic nitrogens is 1. The van der Waals surface area contributed by atoms with Crippen LogP contribution < -0.4 is 10.1 Å². The van der Waals surface area contributed by atoms with E-state index in [0.29, 0.717) is 18.4 Å². The lowest BCUT2D eigenvalue weighted by Gasteiger charge is -2.30. The molecule has 0 unspecified atom stereocenters. The van der Waals surface area contributed by atoms with Gasteiger partial charge in [0.2, 0.25) is 5.91 Å². The van der Waals surface area contributed by atoms with Gasteiger partial charge in [-0.3, -0.25) is 14.7 Å². The molecule has 30 heavy (non-hydrogen) atoms. The summed E-state index contributed by atoms with van der Waals surface area (Å²) in [6.45, 7) is 3.95. The number of halogens is 2. The first-order valence-electron chi connectivity index (χ1n) is 9.87. The van der Waals surface area contributed by atoms with E-state index in [1.165, 1.54) is 11.1 Å². The van der Waals surface area contributed by atoms with Gasteiger partial charge in [-0.25, -0.2) is 0 Å². The Bertz CT molecular complexity index is 807. The van der Waals surface area contributed by atoms with Gasteiger partial charge in [0.1, 0.15) is 5.75 Å². The van der Waals surface area contributed by atoms with E-state index in [-0.39, 0.29) is 36.8 Å². The molecule has 6 nitrogen and oxygen atoms in total. The van der Waals surface area contributed by atoms with Crippen molar-refractivity contribution in [3.8, 4) is 5.75 Å². The predicted molar refractivity (Wildman–Crippen MR) is 122 cm³/mol. The van der Waals surface area contributed by atoms with Gasteiger partial charge in [-0.1, -0.05) is 12.1 Å². The van der Waals surface area contributed by atoms with Crippen LogP contribution in [0.2, 0.25) is 0 Å². The zero-order chi connectivity index (χ0) is 19.5. The van der Waals surface area contributed by atoms with Crippen molar-refractivity contribution in [3.05, 3.63) is 59.9 Å². The molecule has 8 heteroatoms. The first-order valence-corrected chi connectivity index (χ1v) is 9.87. The van der Waals surface area contributed by atoms with Crippen LogP contribution in [0.15, 0.2) is 48.8 Å². The van der Waals surface area contributed by atoms with Crippen LogP contribution in [0.3, 0.4) is 0 Å². The maximum Gasteiger partial charge on any atom is 0.237 e. The highest BCUT2D eigenvalue weighted by Crippen LogP contribution is 2.42. The smallest absolute Gasteiger partial charge is 0.237 e. The highest BCUT2D eigenvalue weighted by molar-refractivity contribution is 5.85. The minimum Gasteiger partial charge on any atom is -0.497 e. The number of hydrogen-bond acceptors (Lipinski definition) is 5. The number of pyridine rings is 1. The molecule has 3 heterocycles. The van der Waals surface area contributed by atoms with Crippen molar-refractivity contribution >= 4 is 30.7 Å². The minimum absolute atomic E-state index is 0. The number of nitrogens with zero attached hydrogens (tertiary/aromatic N) is 3.